The number of para-hydroxylation sites is 2. The molecule has 6 rings (SSSR count). The minimum atomic E-state index is 0.925. The van der Waals surface area contributed by atoms with Gasteiger partial charge < -0.3 is 0 Å². The predicted octanol–water partition coefficient (Wildman–Crippen LogP) is 6.76. The van der Waals surface area contributed by atoms with E-state index in [0.717, 1.165) is 27.5 Å². The SMILES string of the molecule is c1ccc(-c2cccc3c4ccccc4c4nc5ccccc5nc4c23)cc1. The van der Waals surface area contributed by atoms with Gasteiger partial charge in [-0.05, 0) is 34.0 Å². The van der Waals surface area contributed by atoms with Gasteiger partial charge >= 0.3 is 0 Å². The molecule has 6 aromatic rings. The highest BCUT2D eigenvalue weighted by molar-refractivity contribution is 6.27. The van der Waals surface area contributed by atoms with Gasteiger partial charge in [0.25, 0.3) is 0 Å². The van der Waals surface area contributed by atoms with Gasteiger partial charge in [0.2, 0.25) is 0 Å². The molecule has 0 aliphatic rings. The number of nitrogens with zero attached hydrogens (tertiary/aromatic N) is 2. The zero-order valence-corrected chi connectivity index (χ0v) is 15.1. The second kappa shape index (κ2) is 5.86. The Kier molecular flexibility index (Phi) is 3.20. The molecule has 0 fully saturated rings. The van der Waals surface area contributed by atoms with Crippen LogP contribution in [0, 0.1) is 0 Å². The Morgan fingerprint density at radius 3 is 1.82 bits per heavy atom. The van der Waals surface area contributed by atoms with Crippen molar-refractivity contribution in [1.29, 1.82) is 0 Å². The Morgan fingerprint density at radius 1 is 0.429 bits per heavy atom. The van der Waals surface area contributed by atoms with E-state index in [2.05, 4.69) is 72.8 Å². The molecule has 0 radical (unpaired) electrons. The second-order valence-electron chi connectivity index (χ2n) is 7.05. The molecule has 0 N–H and O–H groups in total. The van der Waals surface area contributed by atoms with Crippen LogP contribution < -0.4 is 0 Å². The van der Waals surface area contributed by atoms with Crippen molar-refractivity contribution in [2.24, 2.45) is 0 Å². The summed E-state index contributed by atoms with van der Waals surface area (Å²) in [5.41, 5.74) is 6.17. The summed E-state index contributed by atoms with van der Waals surface area (Å²) in [4.78, 5) is 10.1. The van der Waals surface area contributed by atoms with Crippen molar-refractivity contribution >= 4 is 43.6 Å². The summed E-state index contributed by atoms with van der Waals surface area (Å²) in [6, 6.07) is 33.6. The van der Waals surface area contributed by atoms with Gasteiger partial charge in [-0.3, -0.25) is 0 Å². The largest absolute Gasteiger partial charge is 0.244 e. The van der Waals surface area contributed by atoms with Crippen molar-refractivity contribution in [3.05, 3.63) is 97.1 Å². The van der Waals surface area contributed by atoms with Gasteiger partial charge in [0.1, 0.15) is 0 Å². The minimum Gasteiger partial charge on any atom is -0.244 e. The summed E-state index contributed by atoms with van der Waals surface area (Å²) in [6.45, 7) is 0. The molecule has 0 saturated carbocycles. The molecule has 2 nitrogen and oxygen atoms in total. The summed E-state index contributed by atoms with van der Waals surface area (Å²) in [7, 11) is 0. The third-order valence-electron chi connectivity index (χ3n) is 5.43. The first-order chi connectivity index (χ1) is 13.9. The topological polar surface area (TPSA) is 25.8 Å². The Bertz CT molecular complexity index is 1500. The number of benzene rings is 5. The normalized spacial score (nSPS) is 11.6. The first-order valence-electron chi connectivity index (χ1n) is 9.45. The van der Waals surface area contributed by atoms with Gasteiger partial charge in [-0.1, -0.05) is 84.9 Å². The van der Waals surface area contributed by atoms with Crippen molar-refractivity contribution in [2.45, 2.75) is 0 Å². The van der Waals surface area contributed by atoms with E-state index in [4.69, 9.17) is 9.97 Å². The molecule has 130 valence electrons. The van der Waals surface area contributed by atoms with Crippen LogP contribution in [0.2, 0.25) is 0 Å². The fourth-order valence-corrected chi connectivity index (χ4v) is 4.18. The molecule has 2 heteroatoms. The first kappa shape index (κ1) is 15.3. The second-order valence-corrected chi connectivity index (χ2v) is 7.05. The lowest BCUT2D eigenvalue weighted by Crippen LogP contribution is -1.93. The van der Waals surface area contributed by atoms with Crippen LogP contribution in [0.1, 0.15) is 0 Å². The number of rotatable bonds is 1. The average Bonchev–Trinajstić information content (AvgIpc) is 2.78. The summed E-state index contributed by atoms with van der Waals surface area (Å²) in [6.07, 6.45) is 0. The summed E-state index contributed by atoms with van der Waals surface area (Å²) < 4.78 is 0. The lowest BCUT2D eigenvalue weighted by molar-refractivity contribution is 1.42. The van der Waals surface area contributed by atoms with E-state index in [9.17, 15) is 0 Å². The maximum Gasteiger partial charge on any atom is 0.0985 e. The number of hydrogen-bond acceptors (Lipinski definition) is 2. The summed E-state index contributed by atoms with van der Waals surface area (Å²) in [5.74, 6) is 0. The molecule has 0 spiro atoms. The van der Waals surface area contributed by atoms with E-state index in [1.165, 1.54) is 27.3 Å². The molecule has 5 aromatic carbocycles. The molecule has 1 aromatic heterocycles. The van der Waals surface area contributed by atoms with Crippen LogP contribution in [0.3, 0.4) is 0 Å². The van der Waals surface area contributed by atoms with Crippen LogP contribution in [0.25, 0.3) is 54.7 Å². The van der Waals surface area contributed by atoms with E-state index < -0.39 is 0 Å². The minimum absolute atomic E-state index is 0.925. The highest BCUT2D eigenvalue weighted by Gasteiger charge is 2.15. The maximum atomic E-state index is 5.08. The number of fused-ring (bicyclic) bond motifs is 7. The van der Waals surface area contributed by atoms with Gasteiger partial charge in [-0.2, -0.15) is 0 Å². The van der Waals surface area contributed by atoms with Crippen LogP contribution in [0.4, 0.5) is 0 Å². The van der Waals surface area contributed by atoms with Crippen molar-refractivity contribution in [1.82, 2.24) is 9.97 Å². The molecule has 0 aliphatic carbocycles. The summed E-state index contributed by atoms with van der Waals surface area (Å²) >= 11 is 0. The van der Waals surface area contributed by atoms with Crippen molar-refractivity contribution in [3.8, 4) is 11.1 Å². The molecule has 1 heterocycles. The van der Waals surface area contributed by atoms with E-state index in [1.54, 1.807) is 0 Å². The quantitative estimate of drug-likeness (QED) is 0.240. The van der Waals surface area contributed by atoms with Crippen LogP contribution in [-0.4, -0.2) is 9.97 Å². The van der Waals surface area contributed by atoms with Gasteiger partial charge in [-0.25, -0.2) is 9.97 Å². The molecule has 0 unspecified atom stereocenters. The average molecular weight is 356 g/mol. The Labute approximate surface area is 162 Å². The molecular formula is C26H16N2. The highest BCUT2D eigenvalue weighted by atomic mass is 14.8. The molecular weight excluding hydrogens is 340 g/mol. The van der Waals surface area contributed by atoms with Gasteiger partial charge in [-0.15, -0.1) is 0 Å². The molecule has 0 aliphatic heterocycles. The predicted molar refractivity (Wildman–Crippen MR) is 117 cm³/mol. The number of hydrogen-bond donors (Lipinski definition) is 0. The standard InChI is InChI=1S/C26H16N2/c1-2-9-17(10-3-1)18-13-8-14-20-19-11-4-5-12-21(19)25-26(24(18)20)28-23-16-7-6-15-22(23)27-25/h1-16H. The zero-order chi connectivity index (χ0) is 18.5. The highest BCUT2D eigenvalue weighted by Crippen LogP contribution is 2.39. The van der Waals surface area contributed by atoms with Crippen molar-refractivity contribution in [2.75, 3.05) is 0 Å². The van der Waals surface area contributed by atoms with Crippen LogP contribution >= 0.6 is 0 Å². The smallest absolute Gasteiger partial charge is 0.0985 e. The lowest BCUT2D eigenvalue weighted by atomic mass is 9.93. The molecule has 28 heavy (non-hydrogen) atoms. The lowest BCUT2D eigenvalue weighted by Gasteiger charge is -2.13. The van der Waals surface area contributed by atoms with Crippen LogP contribution in [-0.2, 0) is 0 Å². The van der Waals surface area contributed by atoms with E-state index >= 15 is 0 Å². The third-order valence-corrected chi connectivity index (χ3v) is 5.43. The first-order valence-corrected chi connectivity index (χ1v) is 9.45. The molecule has 0 atom stereocenters. The summed E-state index contributed by atoms with van der Waals surface area (Å²) in [5, 5.41) is 4.75. The molecule has 0 saturated heterocycles. The maximum absolute atomic E-state index is 5.08. The Morgan fingerprint density at radius 2 is 1.04 bits per heavy atom. The Hall–Kier alpha value is -3.78. The van der Waals surface area contributed by atoms with E-state index in [-0.39, 0.29) is 0 Å². The van der Waals surface area contributed by atoms with E-state index in [0.29, 0.717) is 0 Å². The number of aromatic nitrogens is 2. The molecule has 0 amide bonds. The van der Waals surface area contributed by atoms with Crippen molar-refractivity contribution in [3.63, 3.8) is 0 Å². The zero-order valence-electron chi connectivity index (χ0n) is 15.1. The monoisotopic (exact) mass is 356 g/mol. The van der Waals surface area contributed by atoms with Crippen LogP contribution in [0.5, 0.6) is 0 Å². The Balaban J connectivity index is 1.93. The molecule has 0 bridgehead atoms. The van der Waals surface area contributed by atoms with Gasteiger partial charge in [0.05, 0.1) is 22.1 Å². The third kappa shape index (κ3) is 2.15. The van der Waals surface area contributed by atoms with Gasteiger partial charge in [0.15, 0.2) is 0 Å². The van der Waals surface area contributed by atoms with Crippen LogP contribution in [0.15, 0.2) is 97.1 Å². The van der Waals surface area contributed by atoms with Crippen molar-refractivity contribution < 1.29 is 0 Å². The fourth-order valence-electron chi connectivity index (χ4n) is 4.18. The van der Waals surface area contributed by atoms with E-state index in [1.807, 2.05) is 24.3 Å². The van der Waals surface area contributed by atoms with Gasteiger partial charge in [0, 0.05) is 10.8 Å². The fraction of sp³-hybridized carbons (Fsp3) is 0.